The van der Waals surface area contributed by atoms with Gasteiger partial charge in [-0.15, -0.1) is 11.3 Å². The molecule has 30 heavy (non-hydrogen) atoms. The molecule has 0 aliphatic rings. The van der Waals surface area contributed by atoms with Crippen molar-refractivity contribution >= 4 is 29.5 Å². The van der Waals surface area contributed by atoms with E-state index in [9.17, 15) is 4.79 Å². The Kier molecular flexibility index (Phi) is 7.81. The maximum absolute atomic E-state index is 12.4. The Balaban J connectivity index is 1.45. The molecule has 0 saturated heterocycles. The number of carbonyl (C=O) groups excluding carboxylic acids is 1. The number of aromatic nitrogens is 3. The van der Waals surface area contributed by atoms with Gasteiger partial charge in [0.05, 0.1) is 11.0 Å². The molecule has 0 radical (unpaired) electrons. The molecule has 0 saturated carbocycles. The second kappa shape index (κ2) is 10.5. The average molecular weight is 445 g/mol. The molecular weight excluding hydrogens is 416 g/mol. The van der Waals surface area contributed by atoms with E-state index in [4.69, 9.17) is 17.0 Å². The van der Waals surface area contributed by atoms with Crippen LogP contribution in [0.4, 0.5) is 0 Å². The SMILES string of the molecule is CC(CCc1ccc(OC(C)C)cc1)NC(=O)CCn1c(-c2cccs2)n[nH]c1=S. The van der Waals surface area contributed by atoms with Gasteiger partial charge in [-0.25, -0.2) is 0 Å². The van der Waals surface area contributed by atoms with E-state index in [1.807, 2.05) is 55.0 Å². The Bertz CT molecular complexity index is 991. The van der Waals surface area contributed by atoms with E-state index in [1.165, 1.54) is 5.56 Å². The number of aryl methyl sites for hydroxylation is 1. The summed E-state index contributed by atoms with van der Waals surface area (Å²) in [6.07, 6.45) is 2.31. The highest BCUT2D eigenvalue weighted by molar-refractivity contribution is 7.71. The molecule has 0 fully saturated rings. The maximum atomic E-state index is 12.4. The third-order valence-corrected chi connectivity index (χ3v) is 5.81. The molecule has 0 spiro atoms. The predicted octanol–water partition coefficient (Wildman–Crippen LogP) is 4.98. The van der Waals surface area contributed by atoms with Crippen molar-refractivity contribution in [2.75, 3.05) is 0 Å². The minimum atomic E-state index is 0.0170. The van der Waals surface area contributed by atoms with Gasteiger partial charge >= 0.3 is 0 Å². The first kappa shape index (κ1) is 22.2. The number of aromatic amines is 1. The molecule has 3 aromatic rings. The van der Waals surface area contributed by atoms with Crippen molar-refractivity contribution in [2.24, 2.45) is 0 Å². The van der Waals surface area contributed by atoms with Crippen LogP contribution in [-0.4, -0.2) is 32.8 Å². The molecule has 8 heteroatoms. The molecule has 0 aliphatic heterocycles. The quantitative estimate of drug-likeness (QED) is 0.433. The molecule has 1 amide bonds. The Morgan fingerprint density at radius 2 is 2.03 bits per heavy atom. The molecule has 1 aromatic carbocycles. The van der Waals surface area contributed by atoms with Crippen LogP contribution >= 0.6 is 23.6 Å². The number of nitrogens with zero attached hydrogens (tertiary/aromatic N) is 2. The number of hydrogen-bond acceptors (Lipinski definition) is 5. The fraction of sp³-hybridized carbons (Fsp3) is 0.409. The van der Waals surface area contributed by atoms with Crippen LogP contribution in [0, 0.1) is 4.77 Å². The lowest BCUT2D eigenvalue weighted by molar-refractivity contribution is -0.121. The molecule has 0 bridgehead atoms. The summed E-state index contributed by atoms with van der Waals surface area (Å²) in [6.45, 7) is 6.57. The zero-order valence-electron chi connectivity index (χ0n) is 17.6. The normalized spacial score (nSPS) is 12.1. The standard InChI is InChI=1S/C22H28N4O2S2/c1-15(2)28-18-10-8-17(9-11-18)7-6-16(3)23-20(27)12-13-26-21(24-25-22(26)29)19-5-4-14-30-19/h4-5,8-11,14-16H,6-7,12-13H2,1-3H3,(H,23,27)(H,25,29). The molecule has 1 atom stereocenters. The number of benzene rings is 1. The van der Waals surface area contributed by atoms with Gasteiger partial charge in [-0.1, -0.05) is 18.2 Å². The zero-order valence-corrected chi connectivity index (χ0v) is 19.2. The number of ether oxygens (including phenoxy) is 1. The summed E-state index contributed by atoms with van der Waals surface area (Å²) in [5.74, 6) is 1.68. The molecule has 0 aliphatic carbocycles. The Morgan fingerprint density at radius 3 is 2.70 bits per heavy atom. The van der Waals surface area contributed by atoms with E-state index in [0.29, 0.717) is 17.7 Å². The van der Waals surface area contributed by atoms with Gasteiger partial charge in [0.25, 0.3) is 0 Å². The first-order chi connectivity index (χ1) is 14.4. The number of rotatable bonds is 10. The number of carbonyl (C=O) groups is 1. The first-order valence-corrected chi connectivity index (χ1v) is 11.4. The molecule has 160 valence electrons. The number of nitrogens with one attached hydrogen (secondary N) is 2. The van der Waals surface area contributed by atoms with E-state index >= 15 is 0 Å². The summed E-state index contributed by atoms with van der Waals surface area (Å²) in [5, 5.41) is 12.2. The Labute approximate surface area is 186 Å². The van der Waals surface area contributed by atoms with Crippen molar-refractivity contribution < 1.29 is 9.53 Å². The van der Waals surface area contributed by atoms with E-state index in [2.05, 4.69) is 27.6 Å². The average Bonchev–Trinajstić information content (AvgIpc) is 3.35. The second-order valence-corrected chi connectivity index (χ2v) is 8.88. The zero-order chi connectivity index (χ0) is 21.5. The number of thiophene rings is 1. The van der Waals surface area contributed by atoms with E-state index in [1.54, 1.807) is 11.3 Å². The van der Waals surface area contributed by atoms with Crippen LogP contribution in [0.5, 0.6) is 5.75 Å². The number of amides is 1. The molecule has 2 heterocycles. The Hall–Kier alpha value is -2.45. The third kappa shape index (κ3) is 6.27. The highest BCUT2D eigenvalue weighted by atomic mass is 32.1. The van der Waals surface area contributed by atoms with Gasteiger partial charge in [-0.3, -0.25) is 14.5 Å². The lowest BCUT2D eigenvalue weighted by Gasteiger charge is -2.15. The summed E-state index contributed by atoms with van der Waals surface area (Å²) in [5.41, 5.74) is 1.23. The highest BCUT2D eigenvalue weighted by Crippen LogP contribution is 2.23. The van der Waals surface area contributed by atoms with Crippen molar-refractivity contribution in [3.05, 3.63) is 52.1 Å². The maximum Gasteiger partial charge on any atom is 0.222 e. The predicted molar refractivity (Wildman–Crippen MR) is 123 cm³/mol. The van der Waals surface area contributed by atoms with E-state index < -0.39 is 0 Å². The number of H-pyrrole nitrogens is 1. The first-order valence-electron chi connectivity index (χ1n) is 10.2. The lowest BCUT2D eigenvalue weighted by Crippen LogP contribution is -2.33. The van der Waals surface area contributed by atoms with E-state index in [0.717, 1.165) is 29.3 Å². The minimum absolute atomic E-state index is 0.0170. The van der Waals surface area contributed by atoms with Gasteiger partial charge in [-0.2, -0.15) is 5.10 Å². The summed E-state index contributed by atoms with van der Waals surface area (Å²) >= 11 is 6.92. The molecule has 6 nitrogen and oxygen atoms in total. The summed E-state index contributed by atoms with van der Waals surface area (Å²) in [6, 6.07) is 12.2. The Morgan fingerprint density at radius 1 is 1.27 bits per heavy atom. The fourth-order valence-electron chi connectivity index (χ4n) is 3.14. The van der Waals surface area contributed by atoms with Crippen LogP contribution in [0.15, 0.2) is 41.8 Å². The third-order valence-electron chi connectivity index (χ3n) is 4.63. The monoisotopic (exact) mass is 444 g/mol. The van der Waals surface area contributed by atoms with Gasteiger partial charge in [0.2, 0.25) is 5.91 Å². The molecular formula is C22H28N4O2S2. The van der Waals surface area contributed by atoms with E-state index in [-0.39, 0.29) is 18.1 Å². The van der Waals surface area contributed by atoms with Crippen LogP contribution in [0.25, 0.3) is 10.7 Å². The smallest absolute Gasteiger partial charge is 0.222 e. The van der Waals surface area contributed by atoms with Gasteiger partial charge in [-0.05, 0) is 75.0 Å². The van der Waals surface area contributed by atoms with Crippen LogP contribution in [0.1, 0.15) is 39.2 Å². The van der Waals surface area contributed by atoms with Crippen LogP contribution < -0.4 is 10.1 Å². The molecule has 3 rings (SSSR count). The van der Waals surface area contributed by atoms with Gasteiger partial charge in [0, 0.05) is 19.0 Å². The van der Waals surface area contributed by atoms with Crippen LogP contribution in [0.3, 0.4) is 0 Å². The van der Waals surface area contributed by atoms with Crippen LogP contribution in [-0.2, 0) is 17.8 Å². The fourth-order valence-corrected chi connectivity index (χ4v) is 4.09. The second-order valence-electron chi connectivity index (χ2n) is 7.55. The lowest BCUT2D eigenvalue weighted by atomic mass is 10.1. The van der Waals surface area contributed by atoms with Crippen molar-refractivity contribution in [3.8, 4) is 16.5 Å². The van der Waals surface area contributed by atoms with Crippen molar-refractivity contribution in [2.45, 2.75) is 58.7 Å². The molecule has 2 N–H and O–H groups in total. The van der Waals surface area contributed by atoms with Gasteiger partial charge < -0.3 is 10.1 Å². The van der Waals surface area contributed by atoms with Crippen molar-refractivity contribution in [3.63, 3.8) is 0 Å². The molecule has 1 unspecified atom stereocenters. The van der Waals surface area contributed by atoms with Gasteiger partial charge in [0.15, 0.2) is 10.6 Å². The minimum Gasteiger partial charge on any atom is -0.491 e. The number of hydrogen-bond donors (Lipinski definition) is 2. The largest absolute Gasteiger partial charge is 0.491 e. The topological polar surface area (TPSA) is 71.9 Å². The summed E-state index contributed by atoms with van der Waals surface area (Å²) < 4.78 is 8.09. The summed E-state index contributed by atoms with van der Waals surface area (Å²) in [7, 11) is 0. The summed E-state index contributed by atoms with van der Waals surface area (Å²) in [4.78, 5) is 13.4. The van der Waals surface area contributed by atoms with Crippen molar-refractivity contribution in [1.29, 1.82) is 0 Å². The van der Waals surface area contributed by atoms with Gasteiger partial charge in [0.1, 0.15) is 5.75 Å². The molecule has 2 aromatic heterocycles. The van der Waals surface area contributed by atoms with Crippen LogP contribution in [0.2, 0.25) is 0 Å². The highest BCUT2D eigenvalue weighted by Gasteiger charge is 2.13. The van der Waals surface area contributed by atoms with Crippen molar-refractivity contribution in [1.82, 2.24) is 20.1 Å².